The number of nitrogens with one attached hydrogen (secondary N) is 3. The maximum Gasteiger partial charge on any atom is 0.315 e. The van der Waals surface area contributed by atoms with Crippen LogP contribution in [0.2, 0.25) is 0 Å². The van der Waals surface area contributed by atoms with Gasteiger partial charge in [-0.25, -0.2) is 0 Å². The summed E-state index contributed by atoms with van der Waals surface area (Å²) in [5, 5.41) is 22.3. The first-order valence-electron chi connectivity index (χ1n) is 13.4. The standard InChI is InChI=1S/C26H33N7O4/c1-14(34)31-4-6-32(7-5-31)25(36)24(35)29-23-19-13-28-22-18(2-3-27-22)21(19)33(30-23)20-16-8-15-9-17(20)12-26(37,10-15)11-16/h2-3,15-17,20,27-28,37H,4-13H2,1H3,(H,29,30,35)/t15?,16-,17+,20?,26?. The number of piperazine rings is 1. The van der Waals surface area contributed by atoms with Gasteiger partial charge in [0, 0.05) is 57.0 Å². The number of H-pyrrole nitrogens is 1. The Labute approximate surface area is 214 Å². The fraction of sp³-hybridized carbons (Fsp3) is 0.615. The molecule has 196 valence electrons. The number of hydrogen-bond donors (Lipinski definition) is 4. The first-order chi connectivity index (χ1) is 17.8. The van der Waals surface area contributed by atoms with Gasteiger partial charge in [-0.15, -0.1) is 0 Å². The predicted octanol–water partition coefficient (Wildman–Crippen LogP) is 1.55. The molecular weight excluding hydrogens is 474 g/mol. The third-order valence-electron chi connectivity index (χ3n) is 9.36. The number of rotatable bonds is 2. The molecule has 5 atom stereocenters. The Morgan fingerprint density at radius 3 is 2.46 bits per heavy atom. The van der Waals surface area contributed by atoms with E-state index in [2.05, 4.69) is 20.3 Å². The van der Waals surface area contributed by atoms with Crippen LogP contribution in [-0.4, -0.2) is 79.2 Å². The zero-order chi connectivity index (χ0) is 25.5. The largest absolute Gasteiger partial charge is 0.390 e. The molecule has 0 radical (unpaired) electrons. The summed E-state index contributed by atoms with van der Waals surface area (Å²) in [7, 11) is 0. The SMILES string of the molecule is CC(=O)N1CCN(C(=O)C(=O)Nc2nn(C3[C@@H]4CC5C[C@H]3CC(O)(C5)C4)c3c2CNc2[nH]ccc2-3)CC1. The first kappa shape index (κ1) is 22.8. The number of aromatic nitrogens is 3. The molecule has 2 aromatic rings. The first-order valence-corrected chi connectivity index (χ1v) is 13.4. The second-order valence-electron chi connectivity index (χ2n) is 11.7. The molecule has 11 nitrogen and oxygen atoms in total. The van der Waals surface area contributed by atoms with Crippen molar-refractivity contribution >= 4 is 29.4 Å². The van der Waals surface area contributed by atoms with Gasteiger partial charge >= 0.3 is 11.8 Å². The van der Waals surface area contributed by atoms with Crippen LogP contribution in [0, 0.1) is 17.8 Å². The molecule has 6 aliphatic rings. The number of anilines is 2. The average Bonchev–Trinajstić information content (AvgIpc) is 3.47. The van der Waals surface area contributed by atoms with Crippen molar-refractivity contribution in [2.24, 2.45) is 17.8 Å². The van der Waals surface area contributed by atoms with E-state index in [-0.39, 0.29) is 11.9 Å². The van der Waals surface area contributed by atoms with Crippen LogP contribution in [0.1, 0.15) is 50.6 Å². The molecule has 4 bridgehead atoms. The van der Waals surface area contributed by atoms with Gasteiger partial charge in [0.05, 0.1) is 17.3 Å². The van der Waals surface area contributed by atoms with Crippen LogP contribution >= 0.6 is 0 Å². The minimum Gasteiger partial charge on any atom is -0.390 e. The van der Waals surface area contributed by atoms with Crippen molar-refractivity contribution in [3.63, 3.8) is 0 Å². The lowest BCUT2D eigenvalue weighted by atomic mass is 9.52. The summed E-state index contributed by atoms with van der Waals surface area (Å²) in [6.45, 7) is 3.52. The smallest absolute Gasteiger partial charge is 0.315 e. The Kier molecular flexibility index (Phi) is 4.98. The van der Waals surface area contributed by atoms with Crippen LogP contribution < -0.4 is 10.6 Å². The van der Waals surface area contributed by atoms with E-state index in [9.17, 15) is 19.5 Å². The Hall–Kier alpha value is -3.34. The Bertz CT molecular complexity index is 1270. The normalized spacial score (nSPS) is 31.5. The molecule has 0 aromatic carbocycles. The van der Waals surface area contributed by atoms with Gasteiger partial charge in [-0.3, -0.25) is 19.1 Å². The lowest BCUT2D eigenvalue weighted by Crippen LogP contribution is -2.55. The second-order valence-corrected chi connectivity index (χ2v) is 11.7. The lowest BCUT2D eigenvalue weighted by molar-refractivity contribution is -0.148. The summed E-state index contributed by atoms with van der Waals surface area (Å²) in [4.78, 5) is 44.1. The molecule has 2 aromatic heterocycles. The Morgan fingerprint density at radius 2 is 1.78 bits per heavy atom. The third-order valence-corrected chi connectivity index (χ3v) is 9.36. The molecule has 4 aliphatic carbocycles. The number of aliphatic hydroxyl groups is 1. The number of hydrogen-bond acceptors (Lipinski definition) is 6. The van der Waals surface area contributed by atoms with Crippen molar-refractivity contribution in [1.82, 2.24) is 24.6 Å². The highest BCUT2D eigenvalue weighted by atomic mass is 16.3. The van der Waals surface area contributed by atoms with Gasteiger partial charge in [0.1, 0.15) is 5.82 Å². The van der Waals surface area contributed by atoms with Crippen molar-refractivity contribution in [2.45, 2.75) is 57.2 Å². The monoisotopic (exact) mass is 507 g/mol. The fourth-order valence-electron chi connectivity index (χ4n) is 8.01. The number of carbonyl (C=O) groups excluding carboxylic acids is 3. The second kappa shape index (κ2) is 8.08. The molecule has 4 saturated carbocycles. The zero-order valence-electron chi connectivity index (χ0n) is 21.0. The van der Waals surface area contributed by atoms with Crippen LogP contribution in [0.15, 0.2) is 12.3 Å². The van der Waals surface area contributed by atoms with Crippen molar-refractivity contribution in [3.8, 4) is 11.3 Å². The highest BCUT2D eigenvalue weighted by molar-refractivity contribution is 6.39. The van der Waals surface area contributed by atoms with E-state index < -0.39 is 17.4 Å². The van der Waals surface area contributed by atoms with Gasteiger partial charge in [-0.1, -0.05) is 0 Å². The summed E-state index contributed by atoms with van der Waals surface area (Å²) >= 11 is 0. The van der Waals surface area contributed by atoms with E-state index in [0.29, 0.717) is 56.3 Å². The average molecular weight is 508 g/mol. The third kappa shape index (κ3) is 3.58. The summed E-state index contributed by atoms with van der Waals surface area (Å²) in [5.41, 5.74) is 2.32. The van der Waals surface area contributed by atoms with Crippen molar-refractivity contribution in [2.75, 3.05) is 36.8 Å². The topological polar surface area (TPSA) is 136 Å². The molecule has 1 saturated heterocycles. The van der Waals surface area contributed by atoms with Gasteiger partial charge in [-0.05, 0) is 55.9 Å². The fourth-order valence-corrected chi connectivity index (χ4v) is 8.01. The minimum atomic E-state index is -0.706. The number of amides is 3. The highest BCUT2D eigenvalue weighted by Gasteiger charge is 2.56. The van der Waals surface area contributed by atoms with Crippen LogP contribution in [0.4, 0.5) is 11.6 Å². The lowest BCUT2D eigenvalue weighted by Gasteiger charge is -2.58. The summed E-state index contributed by atoms with van der Waals surface area (Å²) < 4.78 is 2.10. The summed E-state index contributed by atoms with van der Waals surface area (Å²) in [6, 6.07) is 2.18. The minimum absolute atomic E-state index is 0.0257. The van der Waals surface area contributed by atoms with Crippen molar-refractivity contribution in [1.29, 1.82) is 0 Å². The van der Waals surface area contributed by atoms with Crippen LogP contribution in [-0.2, 0) is 20.9 Å². The maximum atomic E-state index is 13.1. The zero-order valence-corrected chi connectivity index (χ0v) is 21.0. The van der Waals surface area contributed by atoms with Gasteiger partial charge < -0.3 is 30.5 Å². The molecule has 37 heavy (non-hydrogen) atoms. The van der Waals surface area contributed by atoms with Crippen LogP contribution in [0.3, 0.4) is 0 Å². The summed E-state index contributed by atoms with van der Waals surface area (Å²) in [6.07, 6.45) is 6.60. The quantitative estimate of drug-likeness (QED) is 0.456. The van der Waals surface area contributed by atoms with Crippen molar-refractivity contribution < 1.29 is 19.5 Å². The molecule has 4 heterocycles. The van der Waals surface area contributed by atoms with Gasteiger partial charge in [0.25, 0.3) is 0 Å². The number of aromatic amines is 1. The highest BCUT2D eigenvalue weighted by Crippen LogP contribution is 2.60. The number of fused-ring (bicyclic) bond motifs is 3. The van der Waals surface area contributed by atoms with E-state index >= 15 is 0 Å². The van der Waals surface area contributed by atoms with Crippen molar-refractivity contribution in [3.05, 3.63) is 17.8 Å². The van der Waals surface area contributed by atoms with Crippen LogP contribution in [0.25, 0.3) is 11.3 Å². The molecule has 5 fully saturated rings. The molecule has 8 rings (SSSR count). The Balaban J connectivity index is 1.19. The molecule has 11 heteroatoms. The summed E-state index contributed by atoms with van der Waals surface area (Å²) in [5.74, 6) is 1.28. The predicted molar refractivity (Wildman–Crippen MR) is 134 cm³/mol. The van der Waals surface area contributed by atoms with E-state index in [1.165, 1.54) is 11.8 Å². The molecule has 4 N–H and O–H groups in total. The molecule has 2 aliphatic heterocycles. The van der Waals surface area contributed by atoms with E-state index in [1.54, 1.807) is 4.90 Å². The molecular formula is C26H33N7O4. The molecule has 3 amide bonds. The maximum absolute atomic E-state index is 13.1. The van der Waals surface area contributed by atoms with E-state index in [1.807, 2.05) is 12.3 Å². The number of nitrogens with zero attached hydrogens (tertiary/aromatic N) is 4. The van der Waals surface area contributed by atoms with Crippen LogP contribution in [0.5, 0.6) is 0 Å². The molecule has 0 spiro atoms. The molecule has 3 unspecified atom stereocenters. The van der Waals surface area contributed by atoms with Gasteiger partial charge in [0.2, 0.25) is 5.91 Å². The van der Waals surface area contributed by atoms with E-state index in [0.717, 1.165) is 54.7 Å². The van der Waals surface area contributed by atoms with Gasteiger partial charge in [0.15, 0.2) is 5.82 Å². The Morgan fingerprint density at radius 1 is 1.08 bits per heavy atom. The van der Waals surface area contributed by atoms with E-state index in [4.69, 9.17) is 5.10 Å². The number of carbonyl (C=O) groups is 3. The van der Waals surface area contributed by atoms with Gasteiger partial charge in [-0.2, -0.15) is 5.10 Å².